The number of nitrogens with zero attached hydrogens (tertiary/aromatic N) is 3. The Morgan fingerprint density at radius 1 is 1.36 bits per heavy atom. The molecule has 10 heteroatoms. The van der Waals surface area contributed by atoms with E-state index in [0.29, 0.717) is 24.2 Å². The number of hydrogen-bond acceptors (Lipinski definition) is 4. The number of primary amides is 1. The summed E-state index contributed by atoms with van der Waals surface area (Å²) in [6.45, 7) is 3.85. The Bertz CT molecular complexity index is 743. The Morgan fingerprint density at radius 3 is 2.72 bits per heavy atom. The van der Waals surface area contributed by atoms with E-state index in [9.17, 15) is 18.0 Å². The first-order chi connectivity index (χ1) is 11.5. The smallest absolute Gasteiger partial charge is 0.406 e. The average Bonchev–Trinajstić information content (AvgIpc) is 2.92. The van der Waals surface area contributed by atoms with Crippen molar-refractivity contribution >= 4 is 6.03 Å². The second-order valence-corrected chi connectivity index (χ2v) is 5.93. The third-order valence-corrected chi connectivity index (χ3v) is 3.38. The highest BCUT2D eigenvalue weighted by atomic mass is 19.4. The zero-order valence-electron chi connectivity index (χ0n) is 13.7. The molecule has 0 saturated heterocycles. The van der Waals surface area contributed by atoms with Gasteiger partial charge < -0.3 is 15.8 Å². The van der Waals surface area contributed by atoms with Crippen LogP contribution in [-0.4, -0.2) is 27.4 Å². The molecule has 0 saturated carbocycles. The molecule has 1 heterocycles. The number of halogens is 3. The van der Waals surface area contributed by atoms with Crippen LogP contribution >= 0.6 is 0 Å². The third kappa shape index (κ3) is 5.66. The van der Waals surface area contributed by atoms with Crippen molar-refractivity contribution in [2.45, 2.75) is 38.7 Å². The number of hydrogen-bond donors (Lipinski definition) is 2. The number of benzene rings is 1. The SMILES string of the molecule is CC(C)(NC(N)=O)c1cn(CCc2cccc(OC(F)(F)F)c2)nn1. The summed E-state index contributed by atoms with van der Waals surface area (Å²) >= 11 is 0. The second kappa shape index (κ2) is 6.99. The molecule has 0 radical (unpaired) electrons. The molecule has 25 heavy (non-hydrogen) atoms. The first kappa shape index (κ1) is 18.6. The van der Waals surface area contributed by atoms with Gasteiger partial charge in [0.25, 0.3) is 0 Å². The van der Waals surface area contributed by atoms with Gasteiger partial charge in [0.1, 0.15) is 11.4 Å². The van der Waals surface area contributed by atoms with E-state index in [0.717, 1.165) is 0 Å². The highest BCUT2D eigenvalue weighted by Crippen LogP contribution is 2.23. The molecule has 1 aromatic carbocycles. The minimum Gasteiger partial charge on any atom is -0.406 e. The summed E-state index contributed by atoms with van der Waals surface area (Å²) in [5.74, 6) is -0.268. The Labute approximate surface area is 141 Å². The van der Waals surface area contributed by atoms with Gasteiger partial charge in [0.15, 0.2) is 0 Å². The lowest BCUT2D eigenvalue weighted by Crippen LogP contribution is -2.44. The van der Waals surface area contributed by atoms with Gasteiger partial charge in [-0.15, -0.1) is 18.3 Å². The number of nitrogens with two attached hydrogens (primary N) is 1. The molecule has 0 aliphatic carbocycles. The van der Waals surface area contributed by atoms with Crippen molar-refractivity contribution in [3.05, 3.63) is 41.7 Å². The topological polar surface area (TPSA) is 95.1 Å². The van der Waals surface area contributed by atoms with E-state index in [1.807, 2.05) is 0 Å². The van der Waals surface area contributed by atoms with Gasteiger partial charge in [-0.3, -0.25) is 4.68 Å². The lowest BCUT2D eigenvalue weighted by Gasteiger charge is -2.21. The first-order valence-corrected chi connectivity index (χ1v) is 7.38. The van der Waals surface area contributed by atoms with Crippen LogP contribution in [0.5, 0.6) is 5.75 Å². The fraction of sp³-hybridized carbons (Fsp3) is 0.400. The van der Waals surface area contributed by atoms with E-state index >= 15 is 0 Å². The van der Waals surface area contributed by atoms with Crippen LogP contribution in [0.2, 0.25) is 0 Å². The minimum atomic E-state index is -4.72. The van der Waals surface area contributed by atoms with Gasteiger partial charge in [0, 0.05) is 6.54 Å². The number of alkyl halides is 3. The fourth-order valence-electron chi connectivity index (χ4n) is 2.21. The molecule has 2 amide bonds. The minimum absolute atomic E-state index is 0.268. The summed E-state index contributed by atoms with van der Waals surface area (Å²) in [4.78, 5) is 11.0. The summed E-state index contributed by atoms with van der Waals surface area (Å²) in [7, 11) is 0. The Kier molecular flexibility index (Phi) is 5.19. The maximum Gasteiger partial charge on any atom is 0.573 e. The average molecular weight is 357 g/mol. The van der Waals surface area contributed by atoms with E-state index < -0.39 is 17.9 Å². The summed E-state index contributed by atoms with van der Waals surface area (Å²) < 4.78 is 42.2. The van der Waals surface area contributed by atoms with E-state index in [4.69, 9.17) is 5.73 Å². The molecule has 1 aromatic heterocycles. The number of carbonyl (C=O) groups is 1. The molecule has 7 nitrogen and oxygen atoms in total. The predicted molar refractivity (Wildman–Crippen MR) is 82.6 cm³/mol. The zero-order valence-corrected chi connectivity index (χ0v) is 13.7. The Balaban J connectivity index is 2.01. The largest absolute Gasteiger partial charge is 0.573 e. The number of carbonyl (C=O) groups excluding carboxylic acids is 1. The van der Waals surface area contributed by atoms with Gasteiger partial charge in [-0.2, -0.15) is 0 Å². The van der Waals surface area contributed by atoms with Gasteiger partial charge >= 0.3 is 12.4 Å². The number of aromatic nitrogens is 3. The molecule has 136 valence electrons. The van der Waals surface area contributed by atoms with Crippen molar-refractivity contribution < 1.29 is 22.7 Å². The Morgan fingerprint density at radius 2 is 2.08 bits per heavy atom. The van der Waals surface area contributed by atoms with Gasteiger partial charge in [0.2, 0.25) is 0 Å². The van der Waals surface area contributed by atoms with Crippen molar-refractivity contribution in [3.8, 4) is 5.75 Å². The number of ether oxygens (including phenoxy) is 1. The zero-order chi connectivity index (χ0) is 18.7. The molecule has 0 aliphatic rings. The molecule has 2 aromatic rings. The van der Waals surface area contributed by atoms with Gasteiger partial charge in [-0.25, -0.2) is 4.79 Å². The number of rotatable bonds is 6. The van der Waals surface area contributed by atoms with Crippen LogP contribution in [0.3, 0.4) is 0 Å². The molecular weight excluding hydrogens is 339 g/mol. The summed E-state index contributed by atoms with van der Waals surface area (Å²) in [5, 5.41) is 10.5. The first-order valence-electron chi connectivity index (χ1n) is 7.38. The quantitative estimate of drug-likeness (QED) is 0.829. The molecule has 0 fully saturated rings. The van der Waals surface area contributed by atoms with Crippen molar-refractivity contribution in [1.29, 1.82) is 0 Å². The molecule has 0 atom stereocenters. The standard InChI is InChI=1S/C15H18F3N5O2/c1-14(2,20-13(19)24)12-9-23(22-21-12)7-6-10-4-3-5-11(8-10)25-15(16,17)18/h3-5,8-9H,6-7H2,1-2H3,(H3,19,20,24). The molecule has 2 rings (SSSR count). The van der Waals surface area contributed by atoms with Gasteiger partial charge in [-0.1, -0.05) is 17.3 Å². The van der Waals surface area contributed by atoms with Crippen LogP contribution in [0.25, 0.3) is 0 Å². The number of nitrogens with one attached hydrogen (secondary N) is 1. The number of urea groups is 1. The van der Waals surface area contributed by atoms with Gasteiger partial charge in [-0.05, 0) is 38.0 Å². The van der Waals surface area contributed by atoms with Crippen LogP contribution < -0.4 is 15.8 Å². The Hall–Kier alpha value is -2.78. The molecule has 0 bridgehead atoms. The lowest BCUT2D eigenvalue weighted by molar-refractivity contribution is -0.274. The van der Waals surface area contributed by atoms with Gasteiger partial charge in [0.05, 0.1) is 11.7 Å². The van der Waals surface area contributed by atoms with E-state index in [1.165, 1.54) is 22.9 Å². The fourth-order valence-corrected chi connectivity index (χ4v) is 2.21. The molecule has 3 N–H and O–H groups in total. The van der Waals surface area contributed by atoms with Crippen LogP contribution in [0.1, 0.15) is 25.1 Å². The summed E-state index contributed by atoms with van der Waals surface area (Å²) in [6.07, 6.45) is -2.65. The second-order valence-electron chi connectivity index (χ2n) is 5.93. The number of aryl methyl sites for hydroxylation is 2. The van der Waals surface area contributed by atoms with E-state index in [1.54, 1.807) is 26.1 Å². The maximum atomic E-state index is 12.2. The highest BCUT2D eigenvalue weighted by Gasteiger charge is 2.31. The van der Waals surface area contributed by atoms with E-state index in [2.05, 4.69) is 20.4 Å². The van der Waals surface area contributed by atoms with Crippen molar-refractivity contribution in [2.24, 2.45) is 5.73 Å². The summed E-state index contributed by atoms with van der Waals surface area (Å²) in [6, 6.07) is 5.07. The van der Waals surface area contributed by atoms with Crippen molar-refractivity contribution in [2.75, 3.05) is 0 Å². The highest BCUT2D eigenvalue weighted by molar-refractivity contribution is 5.72. The van der Waals surface area contributed by atoms with Crippen molar-refractivity contribution in [1.82, 2.24) is 20.3 Å². The summed E-state index contributed by atoms with van der Waals surface area (Å²) in [5.41, 5.74) is 5.51. The van der Waals surface area contributed by atoms with Crippen LogP contribution in [0.4, 0.5) is 18.0 Å². The monoisotopic (exact) mass is 357 g/mol. The third-order valence-electron chi connectivity index (χ3n) is 3.38. The number of amides is 2. The van der Waals surface area contributed by atoms with Crippen LogP contribution in [0, 0.1) is 0 Å². The molecule has 0 unspecified atom stereocenters. The lowest BCUT2D eigenvalue weighted by atomic mass is 10.0. The molecule has 0 aliphatic heterocycles. The van der Waals surface area contributed by atoms with Crippen LogP contribution in [-0.2, 0) is 18.5 Å². The predicted octanol–water partition coefficient (Wildman–Crippen LogP) is 2.32. The maximum absolute atomic E-state index is 12.2. The molecular formula is C15H18F3N5O2. The normalized spacial score (nSPS) is 12.0. The van der Waals surface area contributed by atoms with E-state index in [-0.39, 0.29) is 5.75 Å². The van der Waals surface area contributed by atoms with Crippen LogP contribution in [0.15, 0.2) is 30.5 Å². The molecule has 0 spiro atoms. The van der Waals surface area contributed by atoms with Crippen molar-refractivity contribution in [3.63, 3.8) is 0 Å².